The minimum Gasteiger partial charge on any atom is -0.491 e. The van der Waals surface area contributed by atoms with Crippen LogP contribution in [0.1, 0.15) is 74.2 Å². The fourth-order valence-corrected chi connectivity index (χ4v) is 4.86. The summed E-state index contributed by atoms with van der Waals surface area (Å²) in [4.78, 5) is 12.4. The van der Waals surface area contributed by atoms with Crippen molar-refractivity contribution in [3.63, 3.8) is 0 Å². The highest BCUT2D eigenvalue weighted by molar-refractivity contribution is 5.91. The number of hydrogen-bond acceptors (Lipinski definition) is 4. The zero-order valence-corrected chi connectivity index (χ0v) is 22.1. The molecule has 0 atom stereocenters. The van der Waals surface area contributed by atoms with E-state index in [0.717, 1.165) is 57.3 Å². The Kier molecular flexibility index (Phi) is 9.62. The highest BCUT2D eigenvalue weighted by atomic mass is 19.2. The largest absolute Gasteiger partial charge is 0.491 e. The predicted molar refractivity (Wildman–Crippen MR) is 140 cm³/mol. The van der Waals surface area contributed by atoms with Gasteiger partial charge >= 0.3 is 5.97 Å². The summed E-state index contributed by atoms with van der Waals surface area (Å²) >= 11 is 0. The number of rotatable bonds is 10. The van der Waals surface area contributed by atoms with Crippen LogP contribution in [0, 0.1) is 23.3 Å². The summed E-state index contributed by atoms with van der Waals surface area (Å²) in [6, 6.07) is 11.1. The Morgan fingerprint density at radius 3 is 2.21 bits per heavy atom. The molecule has 39 heavy (non-hydrogen) atoms. The van der Waals surface area contributed by atoms with Crippen molar-refractivity contribution in [2.24, 2.45) is 0 Å². The lowest BCUT2D eigenvalue weighted by Crippen LogP contribution is -2.22. The lowest BCUT2D eigenvalue weighted by molar-refractivity contribution is 0.0230. The Labute approximate surface area is 225 Å². The number of carbonyl (C=O) groups is 1. The summed E-state index contributed by atoms with van der Waals surface area (Å²) in [6.45, 7) is 4.60. The third-order valence-corrected chi connectivity index (χ3v) is 7.02. The Morgan fingerprint density at radius 2 is 1.54 bits per heavy atom. The SMILES string of the molecule is CCCCOC1CCC(c2ccc(-c3ccc(OC(=O)c4ccc(OCC)c(F)c4F)cc3)c(F)c2F)CC1. The van der Waals surface area contributed by atoms with Crippen molar-refractivity contribution in [2.75, 3.05) is 13.2 Å². The standard InChI is InChI=1S/C31H32F4O4/c1-3-5-18-38-21-10-6-19(7-11-21)23-14-15-24(28(33)27(23)32)20-8-12-22(13-9-20)39-31(36)25-16-17-26(37-4-2)30(35)29(25)34/h8-9,12-17,19,21H,3-7,10-11,18H2,1-2H3. The molecular formula is C31H32F4O4. The van der Waals surface area contributed by atoms with Gasteiger partial charge < -0.3 is 14.2 Å². The molecule has 4 rings (SSSR count). The van der Waals surface area contributed by atoms with Crippen molar-refractivity contribution in [2.45, 2.75) is 64.4 Å². The van der Waals surface area contributed by atoms with Gasteiger partial charge in [0.05, 0.1) is 18.3 Å². The normalized spacial score (nSPS) is 17.2. The number of unbranched alkanes of at least 4 members (excludes halogenated alkanes) is 1. The third kappa shape index (κ3) is 6.61. The van der Waals surface area contributed by atoms with E-state index in [-0.39, 0.29) is 35.7 Å². The van der Waals surface area contributed by atoms with Crippen LogP contribution in [0.4, 0.5) is 17.6 Å². The molecule has 208 valence electrons. The second kappa shape index (κ2) is 13.1. The van der Waals surface area contributed by atoms with Gasteiger partial charge in [-0.2, -0.15) is 4.39 Å². The third-order valence-electron chi connectivity index (χ3n) is 7.02. The molecule has 0 radical (unpaired) electrons. The molecule has 3 aromatic rings. The van der Waals surface area contributed by atoms with Gasteiger partial charge in [-0.15, -0.1) is 0 Å². The van der Waals surface area contributed by atoms with Gasteiger partial charge in [0.25, 0.3) is 0 Å². The first-order valence-electron chi connectivity index (χ1n) is 13.4. The second-order valence-electron chi connectivity index (χ2n) is 9.61. The van der Waals surface area contributed by atoms with E-state index in [9.17, 15) is 13.6 Å². The van der Waals surface area contributed by atoms with E-state index in [1.807, 2.05) is 0 Å². The molecule has 1 saturated carbocycles. The van der Waals surface area contributed by atoms with Gasteiger partial charge in [-0.25, -0.2) is 18.0 Å². The molecule has 0 unspecified atom stereocenters. The first kappa shape index (κ1) is 28.6. The molecule has 1 fully saturated rings. The predicted octanol–water partition coefficient (Wildman–Crippen LogP) is 8.37. The van der Waals surface area contributed by atoms with E-state index >= 15 is 8.78 Å². The maximum atomic E-state index is 15.1. The molecule has 1 aliphatic carbocycles. The molecule has 0 heterocycles. The van der Waals surface area contributed by atoms with Gasteiger partial charge in [0, 0.05) is 12.2 Å². The van der Waals surface area contributed by atoms with E-state index in [4.69, 9.17) is 14.2 Å². The lowest BCUT2D eigenvalue weighted by Gasteiger charge is -2.29. The van der Waals surface area contributed by atoms with Crippen LogP contribution in [0.3, 0.4) is 0 Å². The molecule has 0 N–H and O–H groups in total. The Hall–Kier alpha value is -3.39. The van der Waals surface area contributed by atoms with Crippen LogP contribution in [-0.2, 0) is 4.74 Å². The van der Waals surface area contributed by atoms with Crippen LogP contribution >= 0.6 is 0 Å². The van der Waals surface area contributed by atoms with Crippen molar-refractivity contribution in [1.82, 2.24) is 0 Å². The summed E-state index contributed by atoms with van der Waals surface area (Å²) < 4.78 is 74.7. The van der Waals surface area contributed by atoms with Crippen LogP contribution in [0.15, 0.2) is 48.5 Å². The van der Waals surface area contributed by atoms with E-state index in [2.05, 4.69) is 6.92 Å². The molecular weight excluding hydrogens is 512 g/mol. The van der Waals surface area contributed by atoms with Crippen LogP contribution in [0.25, 0.3) is 11.1 Å². The Balaban J connectivity index is 1.42. The smallest absolute Gasteiger partial charge is 0.346 e. The van der Waals surface area contributed by atoms with E-state index in [1.165, 1.54) is 24.3 Å². The molecule has 0 amide bonds. The topological polar surface area (TPSA) is 44.8 Å². The number of hydrogen-bond donors (Lipinski definition) is 0. The molecule has 0 spiro atoms. The highest BCUT2D eigenvalue weighted by Crippen LogP contribution is 2.38. The molecule has 0 aliphatic heterocycles. The Morgan fingerprint density at radius 1 is 0.821 bits per heavy atom. The zero-order valence-electron chi connectivity index (χ0n) is 22.1. The lowest BCUT2D eigenvalue weighted by atomic mass is 9.82. The summed E-state index contributed by atoms with van der Waals surface area (Å²) in [7, 11) is 0. The monoisotopic (exact) mass is 544 g/mol. The molecule has 3 aromatic carbocycles. The maximum Gasteiger partial charge on any atom is 0.346 e. The van der Waals surface area contributed by atoms with Gasteiger partial charge in [-0.3, -0.25) is 0 Å². The van der Waals surface area contributed by atoms with Crippen LogP contribution in [-0.4, -0.2) is 25.3 Å². The molecule has 4 nitrogen and oxygen atoms in total. The number of halogens is 4. The minimum absolute atomic E-state index is 0.0351. The summed E-state index contributed by atoms with van der Waals surface area (Å²) in [5.74, 6) is -5.89. The maximum absolute atomic E-state index is 15.1. The van der Waals surface area contributed by atoms with Gasteiger partial charge in [-0.05, 0) is 80.3 Å². The number of carbonyl (C=O) groups excluding carboxylic acids is 1. The van der Waals surface area contributed by atoms with E-state index < -0.39 is 34.8 Å². The van der Waals surface area contributed by atoms with Crippen molar-refractivity contribution in [3.8, 4) is 22.6 Å². The van der Waals surface area contributed by atoms with Crippen LogP contribution < -0.4 is 9.47 Å². The molecule has 0 aromatic heterocycles. The fourth-order valence-electron chi connectivity index (χ4n) is 4.86. The number of ether oxygens (including phenoxy) is 3. The molecule has 0 saturated heterocycles. The van der Waals surface area contributed by atoms with Gasteiger partial charge in [0.2, 0.25) is 5.82 Å². The molecule has 1 aliphatic rings. The highest BCUT2D eigenvalue weighted by Gasteiger charge is 2.27. The molecule has 0 bridgehead atoms. The molecule has 8 heteroatoms. The number of esters is 1. The van der Waals surface area contributed by atoms with Gasteiger partial charge in [-0.1, -0.05) is 37.6 Å². The van der Waals surface area contributed by atoms with Crippen LogP contribution in [0.2, 0.25) is 0 Å². The Bertz CT molecular complexity index is 1280. The fraction of sp³-hybridized carbons (Fsp3) is 0.387. The summed E-state index contributed by atoms with van der Waals surface area (Å²) in [5, 5.41) is 0. The van der Waals surface area contributed by atoms with Crippen molar-refractivity contribution in [1.29, 1.82) is 0 Å². The minimum atomic E-state index is -1.38. The second-order valence-corrected chi connectivity index (χ2v) is 9.61. The van der Waals surface area contributed by atoms with E-state index in [0.29, 0.717) is 11.1 Å². The van der Waals surface area contributed by atoms with Crippen LogP contribution in [0.5, 0.6) is 11.5 Å². The average molecular weight is 545 g/mol. The summed E-state index contributed by atoms with van der Waals surface area (Å²) in [5.41, 5.74) is 0.234. The summed E-state index contributed by atoms with van der Waals surface area (Å²) in [6.07, 6.45) is 5.40. The number of benzene rings is 3. The zero-order chi connectivity index (χ0) is 27.9. The first-order chi connectivity index (χ1) is 18.8. The quantitative estimate of drug-likeness (QED) is 0.111. The van der Waals surface area contributed by atoms with Crippen molar-refractivity contribution < 1.29 is 36.6 Å². The average Bonchev–Trinajstić information content (AvgIpc) is 2.94. The van der Waals surface area contributed by atoms with Gasteiger partial charge in [0.15, 0.2) is 23.2 Å². The van der Waals surface area contributed by atoms with Crippen molar-refractivity contribution >= 4 is 5.97 Å². The van der Waals surface area contributed by atoms with Crippen molar-refractivity contribution in [3.05, 3.63) is 82.9 Å². The van der Waals surface area contributed by atoms with Gasteiger partial charge in [0.1, 0.15) is 5.75 Å². The first-order valence-corrected chi connectivity index (χ1v) is 13.4. The van der Waals surface area contributed by atoms with E-state index in [1.54, 1.807) is 19.1 Å².